The van der Waals surface area contributed by atoms with E-state index in [1.54, 1.807) is 20.8 Å². The monoisotopic (exact) mass is 525 g/mol. The Kier molecular flexibility index (Phi) is 8.67. The Morgan fingerprint density at radius 1 is 0.917 bits per heavy atom. The molecule has 0 unspecified atom stereocenters. The molecule has 0 saturated carbocycles. The summed E-state index contributed by atoms with van der Waals surface area (Å²) in [5, 5.41) is 12.6. The molecule has 2 aromatic carbocycles. The fourth-order valence-electron chi connectivity index (χ4n) is 3.21. The zero-order valence-corrected chi connectivity index (χ0v) is 19.9. The van der Waals surface area contributed by atoms with E-state index in [2.05, 4.69) is 5.32 Å². The van der Waals surface area contributed by atoms with Crippen molar-refractivity contribution in [1.29, 1.82) is 0 Å². The summed E-state index contributed by atoms with van der Waals surface area (Å²) in [6, 6.07) is 5.62. The van der Waals surface area contributed by atoms with Gasteiger partial charge in [0.25, 0.3) is 0 Å². The minimum absolute atomic E-state index is 0.00316. The second kappa shape index (κ2) is 10.6. The van der Waals surface area contributed by atoms with E-state index < -0.39 is 71.4 Å². The molecule has 0 heterocycles. The van der Waals surface area contributed by atoms with Crippen molar-refractivity contribution in [1.82, 2.24) is 5.32 Å². The molecule has 2 rings (SSSR count). The highest BCUT2D eigenvalue weighted by Crippen LogP contribution is 2.38. The number of hydrogen-bond acceptors (Lipinski definition) is 4. The molecule has 0 fully saturated rings. The number of hydrogen-bond donors (Lipinski definition) is 2. The van der Waals surface area contributed by atoms with E-state index in [4.69, 9.17) is 9.47 Å². The lowest BCUT2D eigenvalue weighted by Gasteiger charge is -2.35. The Morgan fingerprint density at radius 2 is 1.42 bits per heavy atom. The van der Waals surface area contributed by atoms with Gasteiger partial charge in [-0.05, 0) is 69.2 Å². The van der Waals surface area contributed by atoms with E-state index in [1.165, 1.54) is 19.1 Å². The van der Waals surface area contributed by atoms with Crippen LogP contribution in [0, 0.1) is 5.82 Å². The van der Waals surface area contributed by atoms with Gasteiger partial charge in [0.2, 0.25) is 0 Å². The van der Waals surface area contributed by atoms with E-state index in [0.717, 1.165) is 12.1 Å². The number of ether oxygens (including phenoxy) is 2. The van der Waals surface area contributed by atoms with Crippen molar-refractivity contribution >= 4 is 6.09 Å². The quantitative estimate of drug-likeness (QED) is 0.414. The third-order valence-corrected chi connectivity index (χ3v) is 5.07. The van der Waals surface area contributed by atoms with Crippen LogP contribution in [0.4, 0.5) is 35.5 Å². The van der Waals surface area contributed by atoms with Crippen molar-refractivity contribution in [3.63, 3.8) is 0 Å². The molecule has 200 valence electrons. The standard InChI is InChI=1S/C24H26F7NO4/c1-14(15-9-17(23(26,27)28)11-18(10-15)24(29,30)31)35-13-22(12-33,16-5-7-19(25)8-6-16)32-20(34)36-21(2,3)4/h5-11,14,33H,12-13H2,1-4H3,(H,32,34)/t14-,22-/m1/s1. The molecule has 0 radical (unpaired) electrons. The molecule has 36 heavy (non-hydrogen) atoms. The SMILES string of the molecule is C[C@@H](OC[C@@](CO)(NC(=O)OC(C)(C)C)c1ccc(F)cc1)c1cc(C(F)(F)F)cc(C(F)(F)F)c1. The molecule has 0 aliphatic rings. The Bertz CT molecular complexity index is 1010. The van der Waals surface area contributed by atoms with E-state index >= 15 is 0 Å². The van der Waals surface area contributed by atoms with Gasteiger partial charge in [-0.25, -0.2) is 9.18 Å². The summed E-state index contributed by atoms with van der Waals surface area (Å²) >= 11 is 0. The van der Waals surface area contributed by atoms with E-state index in [0.29, 0.717) is 12.1 Å². The normalized spacial score (nSPS) is 15.2. The summed E-state index contributed by atoms with van der Waals surface area (Å²) in [5.41, 5.74) is -6.00. The fourth-order valence-corrected chi connectivity index (χ4v) is 3.21. The average Bonchev–Trinajstić information content (AvgIpc) is 2.74. The first-order valence-corrected chi connectivity index (χ1v) is 10.7. The van der Waals surface area contributed by atoms with Gasteiger partial charge in [0.15, 0.2) is 0 Å². The molecule has 12 heteroatoms. The summed E-state index contributed by atoms with van der Waals surface area (Å²) in [6.45, 7) is 4.53. The Balaban J connectivity index is 2.42. The van der Waals surface area contributed by atoms with Gasteiger partial charge < -0.3 is 19.9 Å². The highest BCUT2D eigenvalue weighted by atomic mass is 19.4. The van der Waals surface area contributed by atoms with Crippen LogP contribution in [0.1, 0.15) is 56.1 Å². The van der Waals surface area contributed by atoms with Crippen molar-refractivity contribution in [2.45, 2.75) is 57.3 Å². The number of benzene rings is 2. The Morgan fingerprint density at radius 3 is 1.83 bits per heavy atom. The number of amides is 1. The van der Waals surface area contributed by atoms with Crippen LogP contribution in [0.15, 0.2) is 42.5 Å². The lowest BCUT2D eigenvalue weighted by molar-refractivity contribution is -0.143. The minimum atomic E-state index is -5.04. The van der Waals surface area contributed by atoms with Gasteiger partial charge in [0, 0.05) is 0 Å². The molecule has 0 bridgehead atoms. The Labute approximate surface area is 203 Å². The maximum absolute atomic E-state index is 13.5. The first-order valence-electron chi connectivity index (χ1n) is 10.7. The van der Waals surface area contributed by atoms with Crippen LogP contribution in [-0.4, -0.2) is 30.0 Å². The zero-order chi connectivity index (χ0) is 27.5. The van der Waals surface area contributed by atoms with Gasteiger partial charge >= 0.3 is 18.4 Å². The van der Waals surface area contributed by atoms with Crippen molar-refractivity contribution in [2.24, 2.45) is 0 Å². The van der Waals surface area contributed by atoms with Crippen LogP contribution in [0.5, 0.6) is 0 Å². The van der Waals surface area contributed by atoms with E-state index in [1.807, 2.05) is 0 Å². The average molecular weight is 525 g/mol. The molecular weight excluding hydrogens is 499 g/mol. The molecule has 0 aromatic heterocycles. The second-order valence-corrected chi connectivity index (χ2v) is 9.17. The third kappa shape index (κ3) is 7.82. The fraction of sp³-hybridized carbons (Fsp3) is 0.458. The summed E-state index contributed by atoms with van der Waals surface area (Å²) in [7, 11) is 0. The molecule has 2 aromatic rings. The largest absolute Gasteiger partial charge is 0.444 e. The predicted molar refractivity (Wildman–Crippen MR) is 115 cm³/mol. The van der Waals surface area contributed by atoms with Crippen molar-refractivity contribution in [3.05, 3.63) is 70.5 Å². The number of rotatable bonds is 7. The van der Waals surface area contributed by atoms with E-state index in [-0.39, 0.29) is 11.6 Å². The number of alkyl halides is 6. The number of alkyl carbamates (subject to hydrolysis) is 1. The number of aliphatic hydroxyl groups excluding tert-OH is 1. The molecule has 1 amide bonds. The van der Waals surface area contributed by atoms with Crippen LogP contribution in [0.25, 0.3) is 0 Å². The lowest BCUT2D eigenvalue weighted by atomic mass is 9.91. The number of nitrogens with one attached hydrogen (secondary N) is 1. The van der Waals surface area contributed by atoms with Gasteiger partial charge in [0.1, 0.15) is 17.0 Å². The van der Waals surface area contributed by atoms with Crippen LogP contribution >= 0.6 is 0 Å². The molecule has 2 N–H and O–H groups in total. The number of aliphatic hydroxyl groups is 1. The zero-order valence-electron chi connectivity index (χ0n) is 19.9. The van der Waals surface area contributed by atoms with Crippen LogP contribution in [0.3, 0.4) is 0 Å². The first kappa shape index (κ1) is 29.4. The molecule has 5 nitrogen and oxygen atoms in total. The summed E-state index contributed by atoms with van der Waals surface area (Å²) in [4.78, 5) is 12.5. The Hall–Kier alpha value is -2.86. The smallest absolute Gasteiger partial charge is 0.416 e. The molecular formula is C24H26F7NO4. The molecule has 0 saturated heterocycles. The van der Waals surface area contributed by atoms with Crippen LogP contribution < -0.4 is 5.32 Å². The van der Waals surface area contributed by atoms with Crippen molar-refractivity contribution in [3.8, 4) is 0 Å². The maximum Gasteiger partial charge on any atom is 0.416 e. The van der Waals surface area contributed by atoms with Gasteiger partial charge in [-0.15, -0.1) is 0 Å². The van der Waals surface area contributed by atoms with Gasteiger partial charge in [0.05, 0.1) is 30.4 Å². The topological polar surface area (TPSA) is 67.8 Å². The summed E-state index contributed by atoms with van der Waals surface area (Å²) in [6.07, 6.45) is -12.4. The minimum Gasteiger partial charge on any atom is -0.444 e. The van der Waals surface area contributed by atoms with Crippen LogP contribution in [0.2, 0.25) is 0 Å². The second-order valence-electron chi connectivity index (χ2n) is 9.17. The van der Waals surface area contributed by atoms with Gasteiger partial charge in [-0.3, -0.25) is 0 Å². The van der Waals surface area contributed by atoms with Gasteiger partial charge in [-0.1, -0.05) is 12.1 Å². The van der Waals surface area contributed by atoms with Gasteiger partial charge in [-0.2, -0.15) is 26.3 Å². The molecule has 0 aliphatic heterocycles. The van der Waals surface area contributed by atoms with E-state index in [9.17, 15) is 40.6 Å². The molecule has 2 atom stereocenters. The predicted octanol–water partition coefficient (Wildman–Crippen LogP) is 6.35. The molecule has 0 spiro atoms. The van der Waals surface area contributed by atoms with Crippen molar-refractivity contribution in [2.75, 3.05) is 13.2 Å². The highest BCUT2D eigenvalue weighted by molar-refractivity contribution is 5.69. The summed E-state index contributed by atoms with van der Waals surface area (Å²) in [5.74, 6) is -0.624. The van der Waals surface area contributed by atoms with Crippen LogP contribution in [-0.2, 0) is 27.4 Å². The first-order chi connectivity index (χ1) is 16.4. The lowest BCUT2D eigenvalue weighted by Crippen LogP contribution is -2.53. The number of carbonyl (C=O) groups is 1. The molecule has 0 aliphatic carbocycles. The highest BCUT2D eigenvalue weighted by Gasteiger charge is 2.39. The van der Waals surface area contributed by atoms with Crippen molar-refractivity contribution < 1.29 is 50.1 Å². The maximum atomic E-state index is 13.5. The number of halogens is 7. The number of carbonyl (C=O) groups excluding carboxylic acids is 1. The summed E-state index contributed by atoms with van der Waals surface area (Å²) < 4.78 is 104. The third-order valence-electron chi connectivity index (χ3n) is 5.07.